The van der Waals surface area contributed by atoms with E-state index in [1.165, 1.54) is 24.2 Å². The van der Waals surface area contributed by atoms with Gasteiger partial charge < -0.3 is 5.32 Å². The van der Waals surface area contributed by atoms with Crippen molar-refractivity contribution in [2.75, 3.05) is 6.54 Å². The Morgan fingerprint density at radius 3 is 2.62 bits per heavy atom. The van der Waals surface area contributed by atoms with E-state index in [4.69, 9.17) is 0 Å². The Morgan fingerprint density at radius 2 is 2.00 bits per heavy atom. The van der Waals surface area contributed by atoms with Gasteiger partial charge in [0.25, 0.3) is 0 Å². The smallest absolute Gasteiger partial charge is 0.250 e. The molecule has 21 heavy (non-hydrogen) atoms. The lowest BCUT2D eigenvalue weighted by molar-refractivity contribution is 0.336. The molecule has 1 heterocycles. The first-order valence-corrected chi connectivity index (χ1v) is 9.97. The second-order valence-corrected chi connectivity index (χ2v) is 9.56. The molecular formula is C15H26N2O2S2. The van der Waals surface area contributed by atoms with Crippen molar-refractivity contribution in [3.8, 4) is 0 Å². The van der Waals surface area contributed by atoms with Crippen molar-refractivity contribution in [2.45, 2.75) is 63.3 Å². The lowest BCUT2D eigenvalue weighted by Crippen LogP contribution is -2.33. The lowest BCUT2D eigenvalue weighted by Gasteiger charge is -2.23. The molecule has 2 rings (SSSR count). The van der Waals surface area contributed by atoms with Gasteiger partial charge in [-0.15, -0.1) is 11.3 Å². The Balaban J connectivity index is 1.96. The summed E-state index contributed by atoms with van der Waals surface area (Å²) in [5.74, 6) is 0. The summed E-state index contributed by atoms with van der Waals surface area (Å²) >= 11 is 1.30. The average molecular weight is 331 g/mol. The van der Waals surface area contributed by atoms with E-state index in [0.29, 0.717) is 23.3 Å². The molecule has 0 aliphatic heterocycles. The normalized spacial score (nSPS) is 18.5. The summed E-state index contributed by atoms with van der Waals surface area (Å²) in [5.41, 5.74) is 1.16. The van der Waals surface area contributed by atoms with Crippen molar-refractivity contribution in [1.82, 2.24) is 10.0 Å². The van der Waals surface area contributed by atoms with Gasteiger partial charge in [0, 0.05) is 19.1 Å². The quantitative estimate of drug-likeness (QED) is 0.807. The van der Waals surface area contributed by atoms with Gasteiger partial charge in [-0.25, -0.2) is 13.1 Å². The monoisotopic (exact) mass is 330 g/mol. The van der Waals surface area contributed by atoms with Crippen LogP contribution in [0.1, 0.15) is 52.0 Å². The van der Waals surface area contributed by atoms with Crippen molar-refractivity contribution in [3.63, 3.8) is 0 Å². The number of nitrogens with one attached hydrogen (secondary N) is 2. The minimum atomic E-state index is -3.36. The summed E-state index contributed by atoms with van der Waals surface area (Å²) in [5, 5.41) is 5.22. The predicted octanol–water partition coefficient (Wildman–Crippen LogP) is 3.10. The molecule has 1 saturated carbocycles. The van der Waals surface area contributed by atoms with E-state index < -0.39 is 10.0 Å². The molecule has 0 spiro atoms. The Morgan fingerprint density at radius 1 is 1.33 bits per heavy atom. The maximum atomic E-state index is 12.4. The lowest BCUT2D eigenvalue weighted by atomic mass is 9.89. The van der Waals surface area contributed by atoms with Gasteiger partial charge in [-0.05, 0) is 35.3 Å². The number of thiophene rings is 1. The third kappa shape index (κ3) is 4.77. The molecule has 6 heteroatoms. The maximum absolute atomic E-state index is 12.4. The molecule has 120 valence electrons. The molecule has 0 amide bonds. The molecule has 0 saturated heterocycles. The molecule has 1 fully saturated rings. The van der Waals surface area contributed by atoms with Crippen molar-refractivity contribution < 1.29 is 8.42 Å². The summed E-state index contributed by atoms with van der Waals surface area (Å²) in [6.07, 6.45) is 4.65. The number of rotatable bonds is 7. The second kappa shape index (κ2) is 6.77. The van der Waals surface area contributed by atoms with E-state index in [1.54, 1.807) is 6.07 Å². The highest BCUT2D eigenvalue weighted by Gasteiger charge is 2.30. The van der Waals surface area contributed by atoms with Gasteiger partial charge in [-0.3, -0.25) is 0 Å². The fourth-order valence-electron chi connectivity index (χ4n) is 2.65. The van der Waals surface area contributed by atoms with Crippen LogP contribution in [0.15, 0.2) is 15.7 Å². The molecule has 0 radical (unpaired) electrons. The maximum Gasteiger partial charge on any atom is 0.250 e. The van der Waals surface area contributed by atoms with Crippen LogP contribution in [-0.4, -0.2) is 21.0 Å². The molecule has 0 bridgehead atoms. The van der Waals surface area contributed by atoms with Gasteiger partial charge in [0.05, 0.1) is 0 Å². The van der Waals surface area contributed by atoms with Gasteiger partial charge in [0.15, 0.2) is 0 Å². The SMILES string of the molecule is CC(C)NCc1csc(S(=O)(=O)NCC2(C)CCCC2)c1. The van der Waals surface area contributed by atoms with E-state index in [1.807, 2.05) is 5.38 Å². The Kier molecular flexibility index (Phi) is 5.46. The molecule has 1 aromatic heterocycles. The summed E-state index contributed by atoms with van der Waals surface area (Å²) in [4.78, 5) is 0. The largest absolute Gasteiger partial charge is 0.310 e. The second-order valence-electron chi connectivity index (χ2n) is 6.65. The van der Waals surface area contributed by atoms with Crippen LogP contribution >= 0.6 is 11.3 Å². The van der Waals surface area contributed by atoms with Gasteiger partial charge >= 0.3 is 0 Å². The number of hydrogen-bond donors (Lipinski definition) is 2. The van der Waals surface area contributed by atoms with Crippen LogP contribution in [0.5, 0.6) is 0 Å². The summed E-state index contributed by atoms with van der Waals surface area (Å²) in [6.45, 7) is 7.59. The molecule has 4 nitrogen and oxygen atoms in total. The standard InChI is InChI=1S/C15H26N2O2S2/c1-12(2)16-9-13-8-14(20-10-13)21(18,19)17-11-15(3)6-4-5-7-15/h8,10,12,16-17H,4-7,9,11H2,1-3H3. The minimum Gasteiger partial charge on any atom is -0.310 e. The third-order valence-corrected chi connectivity index (χ3v) is 7.00. The topological polar surface area (TPSA) is 58.2 Å². The zero-order valence-electron chi connectivity index (χ0n) is 13.1. The molecule has 1 aliphatic carbocycles. The number of hydrogen-bond acceptors (Lipinski definition) is 4. The Labute approximate surface area is 132 Å². The molecule has 0 unspecified atom stereocenters. The fourth-order valence-corrected chi connectivity index (χ4v) is 5.11. The number of sulfonamides is 1. The van der Waals surface area contributed by atoms with Gasteiger partial charge in [0.2, 0.25) is 10.0 Å². The molecule has 0 atom stereocenters. The van der Waals surface area contributed by atoms with E-state index in [2.05, 4.69) is 30.8 Å². The molecule has 2 N–H and O–H groups in total. The van der Waals surface area contributed by atoms with E-state index in [0.717, 1.165) is 18.4 Å². The Bertz CT molecular complexity index is 558. The average Bonchev–Trinajstić information content (AvgIpc) is 3.04. The molecule has 1 aromatic rings. The van der Waals surface area contributed by atoms with E-state index in [9.17, 15) is 8.42 Å². The summed E-state index contributed by atoms with van der Waals surface area (Å²) < 4.78 is 27.9. The molecule has 0 aromatic carbocycles. The van der Waals surface area contributed by atoms with E-state index >= 15 is 0 Å². The van der Waals surface area contributed by atoms with Crippen LogP contribution in [0.25, 0.3) is 0 Å². The van der Waals surface area contributed by atoms with Gasteiger partial charge in [0.1, 0.15) is 4.21 Å². The van der Waals surface area contributed by atoms with Crippen LogP contribution in [0.2, 0.25) is 0 Å². The minimum absolute atomic E-state index is 0.131. The zero-order chi connectivity index (χ0) is 15.5. The highest BCUT2D eigenvalue weighted by molar-refractivity contribution is 7.91. The predicted molar refractivity (Wildman–Crippen MR) is 88.1 cm³/mol. The Hall–Kier alpha value is -0.430. The van der Waals surface area contributed by atoms with Gasteiger partial charge in [-0.1, -0.05) is 33.6 Å². The van der Waals surface area contributed by atoms with Gasteiger partial charge in [-0.2, -0.15) is 0 Å². The molecular weight excluding hydrogens is 304 g/mol. The summed E-state index contributed by atoms with van der Waals surface area (Å²) in [6, 6.07) is 2.17. The van der Waals surface area contributed by atoms with Crippen molar-refractivity contribution >= 4 is 21.4 Å². The van der Waals surface area contributed by atoms with Crippen LogP contribution in [0.4, 0.5) is 0 Å². The first-order chi connectivity index (χ1) is 9.81. The van der Waals surface area contributed by atoms with Crippen molar-refractivity contribution in [2.24, 2.45) is 5.41 Å². The fraction of sp³-hybridized carbons (Fsp3) is 0.733. The highest BCUT2D eigenvalue weighted by atomic mass is 32.2. The summed E-state index contributed by atoms with van der Waals surface area (Å²) in [7, 11) is -3.36. The van der Waals surface area contributed by atoms with Crippen LogP contribution in [-0.2, 0) is 16.6 Å². The first-order valence-electron chi connectivity index (χ1n) is 7.61. The van der Waals surface area contributed by atoms with Crippen LogP contribution in [0, 0.1) is 5.41 Å². The van der Waals surface area contributed by atoms with Crippen LogP contribution in [0.3, 0.4) is 0 Å². The van der Waals surface area contributed by atoms with Crippen LogP contribution < -0.4 is 10.0 Å². The van der Waals surface area contributed by atoms with Crippen molar-refractivity contribution in [1.29, 1.82) is 0 Å². The van der Waals surface area contributed by atoms with Crippen molar-refractivity contribution in [3.05, 3.63) is 17.0 Å². The first kappa shape index (κ1) is 16.9. The third-order valence-electron chi connectivity index (χ3n) is 4.11. The van der Waals surface area contributed by atoms with E-state index in [-0.39, 0.29) is 5.41 Å². The molecule has 1 aliphatic rings. The highest BCUT2D eigenvalue weighted by Crippen LogP contribution is 2.37. The zero-order valence-corrected chi connectivity index (χ0v) is 14.7.